The molecule has 218 valence electrons. The van der Waals surface area contributed by atoms with Crippen LogP contribution in [0.3, 0.4) is 0 Å². The Kier molecular flexibility index (Phi) is 35.8. The van der Waals surface area contributed by atoms with E-state index in [9.17, 15) is 4.79 Å². The van der Waals surface area contributed by atoms with Gasteiger partial charge in [-0.25, -0.2) is 0 Å². The zero-order valence-corrected chi connectivity index (χ0v) is 24.3. The quantitative estimate of drug-likeness (QED) is 0.0755. The average molecular weight is 517 g/mol. The first-order valence-corrected chi connectivity index (χ1v) is 15.7. The van der Waals surface area contributed by atoms with Crippen LogP contribution in [0.15, 0.2) is 0 Å². The third-order valence-corrected chi connectivity index (χ3v) is 6.67. The number of esters is 1. The molecule has 0 saturated carbocycles. The third-order valence-electron chi connectivity index (χ3n) is 6.67. The molecule has 0 radical (unpaired) electrons. The van der Waals surface area contributed by atoms with Gasteiger partial charge in [0.2, 0.25) is 0 Å². The van der Waals surface area contributed by atoms with Crippen molar-refractivity contribution in [1.82, 2.24) is 0 Å². The van der Waals surface area contributed by atoms with Crippen LogP contribution in [0.5, 0.6) is 0 Å². The largest absolute Gasteiger partial charge is 0.466 e. The Morgan fingerprint density at radius 1 is 0.528 bits per heavy atom. The topological polar surface area (TPSA) is 87.0 Å². The summed E-state index contributed by atoms with van der Waals surface area (Å²) >= 11 is 0. The highest BCUT2D eigenvalue weighted by molar-refractivity contribution is 5.69. The standard InChI is InChI=1S/C28H56O2.C3H8O3/c1-3-5-7-9-11-13-14-15-16-17-19-21-23-25-27-30-28(29)26-24-22-20-18-12-10-8-6-4-2;4-1-3(6)2-5/h3-27H2,1-2H3;3-6H,1-2H2. The van der Waals surface area contributed by atoms with Crippen molar-refractivity contribution < 1.29 is 24.9 Å². The van der Waals surface area contributed by atoms with Crippen molar-refractivity contribution in [2.75, 3.05) is 19.8 Å². The highest BCUT2D eigenvalue weighted by Gasteiger charge is 2.02. The number of aliphatic hydroxyl groups excluding tert-OH is 3. The fourth-order valence-electron chi connectivity index (χ4n) is 4.19. The molecule has 0 aromatic heterocycles. The van der Waals surface area contributed by atoms with E-state index in [1.165, 1.54) is 135 Å². The molecule has 0 aliphatic carbocycles. The smallest absolute Gasteiger partial charge is 0.305 e. The molecule has 0 aromatic carbocycles. The lowest BCUT2D eigenvalue weighted by Gasteiger charge is -2.06. The van der Waals surface area contributed by atoms with Gasteiger partial charge < -0.3 is 20.1 Å². The Bertz CT molecular complexity index is 398. The molecule has 5 heteroatoms. The summed E-state index contributed by atoms with van der Waals surface area (Å²) in [6.45, 7) is 4.45. The molecule has 0 rings (SSSR count). The summed E-state index contributed by atoms with van der Waals surface area (Å²) in [7, 11) is 0. The van der Waals surface area contributed by atoms with Gasteiger partial charge in [-0.05, 0) is 12.8 Å². The summed E-state index contributed by atoms with van der Waals surface area (Å²) in [5.41, 5.74) is 0. The Morgan fingerprint density at radius 2 is 0.833 bits per heavy atom. The van der Waals surface area contributed by atoms with Crippen molar-refractivity contribution >= 4 is 5.97 Å². The summed E-state index contributed by atoms with van der Waals surface area (Å²) in [5.74, 6) is 0.0210. The van der Waals surface area contributed by atoms with Gasteiger partial charge in [-0.1, -0.05) is 149 Å². The molecule has 0 saturated heterocycles. The van der Waals surface area contributed by atoms with Gasteiger partial charge in [0.25, 0.3) is 0 Å². The molecule has 0 fully saturated rings. The van der Waals surface area contributed by atoms with E-state index in [4.69, 9.17) is 20.1 Å². The van der Waals surface area contributed by atoms with Crippen molar-refractivity contribution in [3.05, 3.63) is 0 Å². The van der Waals surface area contributed by atoms with Crippen LogP contribution in [-0.2, 0) is 9.53 Å². The van der Waals surface area contributed by atoms with Crippen molar-refractivity contribution in [3.63, 3.8) is 0 Å². The van der Waals surface area contributed by atoms with Crippen LogP contribution in [0.4, 0.5) is 0 Å². The second-order valence-electron chi connectivity index (χ2n) is 10.4. The van der Waals surface area contributed by atoms with Crippen LogP contribution >= 0.6 is 0 Å². The fourth-order valence-corrected chi connectivity index (χ4v) is 4.19. The van der Waals surface area contributed by atoms with Crippen molar-refractivity contribution in [2.24, 2.45) is 0 Å². The van der Waals surface area contributed by atoms with E-state index in [0.717, 1.165) is 12.8 Å². The molecule has 0 amide bonds. The lowest BCUT2D eigenvalue weighted by atomic mass is 10.0. The van der Waals surface area contributed by atoms with E-state index in [1.807, 2.05) is 0 Å². The van der Waals surface area contributed by atoms with E-state index < -0.39 is 6.10 Å². The van der Waals surface area contributed by atoms with Gasteiger partial charge in [-0.3, -0.25) is 4.79 Å². The highest BCUT2D eigenvalue weighted by Crippen LogP contribution is 2.13. The monoisotopic (exact) mass is 516 g/mol. The molecule has 0 spiro atoms. The molecule has 3 N–H and O–H groups in total. The summed E-state index contributed by atoms with van der Waals surface area (Å²) < 4.78 is 5.38. The van der Waals surface area contributed by atoms with Crippen LogP contribution in [0.1, 0.15) is 168 Å². The normalized spacial score (nSPS) is 10.9. The zero-order chi connectivity index (χ0) is 27.0. The molecule has 0 unspecified atom stereocenters. The summed E-state index contributed by atoms with van der Waals surface area (Å²) in [4.78, 5) is 11.8. The molecule has 0 heterocycles. The van der Waals surface area contributed by atoms with Crippen molar-refractivity contribution in [1.29, 1.82) is 0 Å². The lowest BCUT2D eigenvalue weighted by Crippen LogP contribution is -2.15. The SMILES string of the molecule is CCCCCCCCCCCCCCCCOC(=O)CCCCCCCCCCC.OCC(O)CO. The van der Waals surface area contributed by atoms with Gasteiger partial charge in [0.15, 0.2) is 0 Å². The van der Waals surface area contributed by atoms with E-state index >= 15 is 0 Å². The molecule has 36 heavy (non-hydrogen) atoms. The van der Waals surface area contributed by atoms with Gasteiger partial charge in [0.1, 0.15) is 6.10 Å². The minimum Gasteiger partial charge on any atom is -0.466 e. The van der Waals surface area contributed by atoms with Gasteiger partial charge in [0, 0.05) is 6.42 Å². The number of hydrogen-bond acceptors (Lipinski definition) is 5. The Hall–Kier alpha value is -0.650. The van der Waals surface area contributed by atoms with E-state index in [0.29, 0.717) is 13.0 Å². The lowest BCUT2D eigenvalue weighted by molar-refractivity contribution is -0.143. The zero-order valence-electron chi connectivity index (χ0n) is 24.3. The van der Waals surface area contributed by atoms with E-state index in [1.54, 1.807) is 0 Å². The molecular formula is C31H64O5. The summed E-state index contributed by atoms with van der Waals surface area (Å²) in [6, 6.07) is 0. The van der Waals surface area contributed by atoms with Gasteiger partial charge in [-0.15, -0.1) is 0 Å². The summed E-state index contributed by atoms with van der Waals surface area (Å²) in [6.07, 6.45) is 30.4. The number of hydrogen-bond donors (Lipinski definition) is 3. The van der Waals surface area contributed by atoms with Crippen LogP contribution < -0.4 is 0 Å². The van der Waals surface area contributed by atoms with Crippen LogP contribution in [0.2, 0.25) is 0 Å². The first-order valence-electron chi connectivity index (χ1n) is 15.7. The second kappa shape index (κ2) is 34.4. The number of ether oxygens (including phenoxy) is 1. The maximum absolute atomic E-state index is 11.8. The second-order valence-corrected chi connectivity index (χ2v) is 10.4. The van der Waals surface area contributed by atoms with Gasteiger partial charge in [0.05, 0.1) is 19.8 Å². The molecule has 5 nitrogen and oxygen atoms in total. The first kappa shape index (κ1) is 37.5. The van der Waals surface area contributed by atoms with Crippen molar-refractivity contribution in [3.8, 4) is 0 Å². The van der Waals surface area contributed by atoms with E-state index in [-0.39, 0.29) is 19.2 Å². The number of unbranched alkanes of at least 4 members (excludes halogenated alkanes) is 21. The number of rotatable bonds is 27. The minimum atomic E-state index is -0.954. The fraction of sp³-hybridized carbons (Fsp3) is 0.968. The predicted octanol–water partition coefficient (Wildman–Crippen LogP) is 8.26. The van der Waals surface area contributed by atoms with Crippen LogP contribution in [0.25, 0.3) is 0 Å². The molecule has 0 atom stereocenters. The first-order chi connectivity index (χ1) is 17.6. The number of aliphatic hydroxyl groups is 3. The molecule has 0 bridgehead atoms. The third kappa shape index (κ3) is 35.5. The Balaban J connectivity index is 0. The maximum atomic E-state index is 11.8. The van der Waals surface area contributed by atoms with Gasteiger partial charge >= 0.3 is 5.97 Å². The molecular weight excluding hydrogens is 452 g/mol. The molecule has 0 aliphatic rings. The minimum absolute atomic E-state index is 0.0210. The van der Waals surface area contributed by atoms with E-state index in [2.05, 4.69) is 13.8 Å². The maximum Gasteiger partial charge on any atom is 0.305 e. The summed E-state index contributed by atoms with van der Waals surface area (Å²) in [5, 5.41) is 24.0. The molecule has 0 aliphatic heterocycles. The van der Waals surface area contributed by atoms with Crippen molar-refractivity contribution in [2.45, 2.75) is 174 Å². The predicted molar refractivity (Wildman–Crippen MR) is 153 cm³/mol. The van der Waals surface area contributed by atoms with Gasteiger partial charge in [-0.2, -0.15) is 0 Å². The average Bonchev–Trinajstić information content (AvgIpc) is 2.89. The number of carbonyl (C=O) groups excluding carboxylic acids is 1. The number of carbonyl (C=O) groups is 1. The Labute approximate surface area is 224 Å². The Morgan fingerprint density at radius 3 is 1.14 bits per heavy atom. The van der Waals surface area contributed by atoms with Crippen LogP contribution in [-0.4, -0.2) is 47.2 Å². The highest BCUT2D eigenvalue weighted by atomic mass is 16.5. The molecule has 0 aromatic rings. The van der Waals surface area contributed by atoms with Crippen LogP contribution in [0, 0.1) is 0 Å².